The Morgan fingerprint density at radius 2 is 2.14 bits per heavy atom. The maximum Gasteiger partial charge on any atom is 0.387 e. The fraction of sp³-hybridized carbons (Fsp3) is 0.533. The van der Waals surface area contributed by atoms with Crippen LogP contribution in [0.25, 0.3) is 0 Å². The summed E-state index contributed by atoms with van der Waals surface area (Å²) in [5.41, 5.74) is 0.705. The molecule has 1 aliphatic rings. The van der Waals surface area contributed by atoms with Crippen LogP contribution in [-0.4, -0.2) is 43.7 Å². The molecular weight excluding hydrogens is 292 g/mol. The number of ether oxygens (including phenoxy) is 1. The third kappa shape index (κ3) is 5.48. The molecule has 1 saturated heterocycles. The number of hydrogen-bond acceptors (Lipinski definition) is 3. The second-order valence-corrected chi connectivity index (χ2v) is 5.43. The molecule has 2 N–H and O–H groups in total. The van der Waals surface area contributed by atoms with E-state index in [2.05, 4.69) is 27.3 Å². The summed E-state index contributed by atoms with van der Waals surface area (Å²) in [5.74, 6) is 0.0880. The predicted octanol–water partition coefficient (Wildman–Crippen LogP) is 2.18. The molecule has 2 rings (SSSR count). The van der Waals surface area contributed by atoms with Gasteiger partial charge in [0.2, 0.25) is 0 Å². The van der Waals surface area contributed by atoms with Gasteiger partial charge >= 0.3 is 12.6 Å². The lowest BCUT2D eigenvalue weighted by Crippen LogP contribution is -2.46. The van der Waals surface area contributed by atoms with Crippen LogP contribution in [0.1, 0.15) is 18.4 Å². The third-order valence-electron chi connectivity index (χ3n) is 3.63. The van der Waals surface area contributed by atoms with Crippen molar-refractivity contribution < 1.29 is 18.3 Å². The van der Waals surface area contributed by atoms with Crippen molar-refractivity contribution in [2.45, 2.75) is 32.0 Å². The molecule has 2 amide bonds. The van der Waals surface area contributed by atoms with Crippen LogP contribution in [0.3, 0.4) is 0 Å². The average Bonchev–Trinajstić information content (AvgIpc) is 2.47. The molecule has 1 heterocycles. The van der Waals surface area contributed by atoms with E-state index in [-0.39, 0.29) is 24.4 Å². The lowest BCUT2D eigenvalue weighted by molar-refractivity contribution is -0.0498. The number of hydrogen-bond donors (Lipinski definition) is 2. The molecule has 122 valence electrons. The summed E-state index contributed by atoms with van der Waals surface area (Å²) >= 11 is 0. The Bertz CT molecular complexity index is 491. The highest BCUT2D eigenvalue weighted by molar-refractivity contribution is 5.74. The van der Waals surface area contributed by atoms with Gasteiger partial charge < -0.3 is 20.3 Å². The first-order chi connectivity index (χ1) is 10.5. The number of amides is 2. The number of halogens is 2. The summed E-state index contributed by atoms with van der Waals surface area (Å²) < 4.78 is 28.6. The quantitative estimate of drug-likeness (QED) is 0.876. The van der Waals surface area contributed by atoms with Gasteiger partial charge in [-0.2, -0.15) is 8.78 Å². The SMILES string of the molecule is CN1CCC(NC(=O)NCc2cccc(OC(F)F)c2)CC1. The van der Waals surface area contributed by atoms with Crippen molar-refractivity contribution in [1.29, 1.82) is 0 Å². The minimum absolute atomic E-state index is 0.0880. The van der Waals surface area contributed by atoms with Crippen molar-refractivity contribution in [3.63, 3.8) is 0 Å². The van der Waals surface area contributed by atoms with Crippen molar-refractivity contribution in [2.24, 2.45) is 0 Å². The molecule has 0 atom stereocenters. The molecule has 0 radical (unpaired) electrons. The number of carbonyl (C=O) groups excluding carboxylic acids is 1. The summed E-state index contributed by atoms with van der Waals surface area (Å²) in [6.07, 6.45) is 1.86. The van der Waals surface area contributed by atoms with Crippen LogP contribution in [0.2, 0.25) is 0 Å². The molecule has 1 fully saturated rings. The molecule has 1 aromatic rings. The van der Waals surface area contributed by atoms with Gasteiger partial charge in [0.25, 0.3) is 0 Å². The highest BCUT2D eigenvalue weighted by Gasteiger charge is 2.18. The molecule has 0 aliphatic carbocycles. The van der Waals surface area contributed by atoms with Crippen LogP contribution in [0.5, 0.6) is 5.75 Å². The molecule has 1 aliphatic heterocycles. The molecule has 1 aromatic carbocycles. The minimum atomic E-state index is -2.85. The highest BCUT2D eigenvalue weighted by Crippen LogP contribution is 2.15. The van der Waals surface area contributed by atoms with Crippen molar-refractivity contribution >= 4 is 6.03 Å². The van der Waals surface area contributed by atoms with Crippen molar-refractivity contribution in [3.8, 4) is 5.75 Å². The lowest BCUT2D eigenvalue weighted by Gasteiger charge is -2.29. The van der Waals surface area contributed by atoms with Crippen molar-refractivity contribution in [3.05, 3.63) is 29.8 Å². The summed E-state index contributed by atoms with van der Waals surface area (Å²) in [5, 5.41) is 5.66. The zero-order valence-corrected chi connectivity index (χ0v) is 12.5. The fourth-order valence-corrected chi connectivity index (χ4v) is 2.40. The smallest absolute Gasteiger partial charge is 0.387 e. The number of piperidine rings is 1. The summed E-state index contributed by atoms with van der Waals surface area (Å²) in [7, 11) is 2.06. The molecule has 0 aromatic heterocycles. The molecule has 0 bridgehead atoms. The Morgan fingerprint density at radius 1 is 1.41 bits per heavy atom. The highest BCUT2D eigenvalue weighted by atomic mass is 19.3. The summed E-state index contributed by atoms with van der Waals surface area (Å²) in [4.78, 5) is 14.1. The van der Waals surface area contributed by atoms with Gasteiger partial charge in [0.05, 0.1) is 0 Å². The van der Waals surface area contributed by atoms with E-state index in [1.165, 1.54) is 12.1 Å². The minimum Gasteiger partial charge on any atom is -0.435 e. The van der Waals surface area contributed by atoms with Gasteiger partial charge in [0, 0.05) is 12.6 Å². The second kappa shape index (κ2) is 7.93. The molecular formula is C15H21F2N3O2. The zero-order valence-electron chi connectivity index (χ0n) is 12.5. The maximum absolute atomic E-state index is 12.1. The van der Waals surface area contributed by atoms with Crippen molar-refractivity contribution in [1.82, 2.24) is 15.5 Å². The van der Waals surface area contributed by atoms with E-state index in [9.17, 15) is 13.6 Å². The predicted molar refractivity (Wildman–Crippen MR) is 79.0 cm³/mol. The van der Waals surface area contributed by atoms with E-state index < -0.39 is 6.61 Å². The zero-order chi connectivity index (χ0) is 15.9. The summed E-state index contributed by atoms with van der Waals surface area (Å²) in [6, 6.07) is 6.24. The van der Waals surface area contributed by atoms with Crippen LogP contribution in [-0.2, 0) is 6.54 Å². The molecule has 22 heavy (non-hydrogen) atoms. The lowest BCUT2D eigenvalue weighted by atomic mass is 10.1. The van der Waals surface area contributed by atoms with Gasteiger partial charge in [0.1, 0.15) is 5.75 Å². The standard InChI is InChI=1S/C15H21F2N3O2/c1-20-7-5-12(6-8-20)19-15(21)18-10-11-3-2-4-13(9-11)22-14(16)17/h2-4,9,12,14H,5-8,10H2,1H3,(H2,18,19,21). The Labute approximate surface area is 128 Å². The largest absolute Gasteiger partial charge is 0.435 e. The molecule has 7 heteroatoms. The first-order valence-corrected chi connectivity index (χ1v) is 7.29. The first-order valence-electron chi connectivity index (χ1n) is 7.29. The maximum atomic E-state index is 12.1. The monoisotopic (exact) mass is 313 g/mol. The van der Waals surface area contributed by atoms with Gasteiger partial charge in [-0.25, -0.2) is 4.79 Å². The normalized spacial score (nSPS) is 16.5. The van der Waals surface area contributed by atoms with Gasteiger partial charge in [0.15, 0.2) is 0 Å². The van der Waals surface area contributed by atoms with Crippen LogP contribution in [0, 0.1) is 0 Å². The van der Waals surface area contributed by atoms with Gasteiger partial charge in [-0.3, -0.25) is 0 Å². The van der Waals surface area contributed by atoms with E-state index in [4.69, 9.17) is 0 Å². The Hall–Kier alpha value is -1.89. The molecule has 0 saturated carbocycles. The van der Waals surface area contributed by atoms with E-state index in [1.807, 2.05) is 0 Å². The number of alkyl halides is 2. The Balaban J connectivity index is 1.76. The van der Waals surface area contributed by atoms with E-state index in [1.54, 1.807) is 12.1 Å². The van der Waals surface area contributed by atoms with Gasteiger partial charge in [-0.15, -0.1) is 0 Å². The number of rotatable bonds is 5. The third-order valence-corrected chi connectivity index (χ3v) is 3.63. The van der Waals surface area contributed by atoms with Gasteiger partial charge in [-0.1, -0.05) is 12.1 Å². The van der Waals surface area contributed by atoms with E-state index >= 15 is 0 Å². The van der Waals surface area contributed by atoms with Crippen LogP contribution >= 0.6 is 0 Å². The second-order valence-electron chi connectivity index (χ2n) is 5.43. The summed E-state index contributed by atoms with van der Waals surface area (Å²) in [6.45, 7) is -0.648. The van der Waals surface area contributed by atoms with E-state index in [0.29, 0.717) is 5.56 Å². The van der Waals surface area contributed by atoms with Crippen molar-refractivity contribution in [2.75, 3.05) is 20.1 Å². The molecule has 5 nitrogen and oxygen atoms in total. The fourth-order valence-electron chi connectivity index (χ4n) is 2.40. The Kier molecular flexibility index (Phi) is 5.94. The van der Waals surface area contributed by atoms with Crippen LogP contribution in [0.15, 0.2) is 24.3 Å². The number of nitrogens with one attached hydrogen (secondary N) is 2. The number of benzene rings is 1. The number of carbonyl (C=O) groups is 1. The topological polar surface area (TPSA) is 53.6 Å². The van der Waals surface area contributed by atoms with E-state index in [0.717, 1.165) is 25.9 Å². The van der Waals surface area contributed by atoms with Crippen LogP contribution < -0.4 is 15.4 Å². The number of urea groups is 1. The van der Waals surface area contributed by atoms with Crippen LogP contribution in [0.4, 0.5) is 13.6 Å². The number of nitrogens with zero attached hydrogens (tertiary/aromatic N) is 1. The van der Waals surface area contributed by atoms with Gasteiger partial charge in [-0.05, 0) is 50.7 Å². The average molecular weight is 313 g/mol. The Morgan fingerprint density at radius 3 is 2.82 bits per heavy atom. The number of likely N-dealkylation sites (tertiary alicyclic amines) is 1. The first kappa shape index (κ1) is 16.5. The molecule has 0 spiro atoms. The molecule has 0 unspecified atom stereocenters.